The molecule has 204 valence electrons. The number of amides is 2. The van der Waals surface area contributed by atoms with Gasteiger partial charge in [-0.15, -0.1) is 10.2 Å². The third-order valence-corrected chi connectivity index (χ3v) is 7.99. The number of halogens is 3. The second-order valence-corrected chi connectivity index (χ2v) is 12.6. The first kappa shape index (κ1) is 30.7. The molecule has 11 heteroatoms. The number of carbonyl (C=O) groups is 2. The Morgan fingerprint density at radius 1 is 1.08 bits per heavy atom. The van der Waals surface area contributed by atoms with E-state index in [1.165, 1.54) is 11.8 Å². The highest BCUT2D eigenvalue weighted by Gasteiger charge is 2.25. The first-order valence-corrected chi connectivity index (χ1v) is 15.2. The fraction of sp³-hybridized carbons (Fsp3) is 0.407. The molecule has 3 aromatic rings. The number of nitrogens with zero attached hydrogens (tertiary/aromatic N) is 3. The van der Waals surface area contributed by atoms with Crippen molar-refractivity contribution in [1.82, 2.24) is 20.1 Å². The zero-order chi connectivity index (χ0) is 28.0. The molecular formula is C27H32Cl2IN5O2S. The van der Waals surface area contributed by atoms with Crippen LogP contribution in [0.3, 0.4) is 0 Å². The Bertz CT molecular complexity index is 1300. The van der Waals surface area contributed by atoms with E-state index in [0.717, 1.165) is 14.8 Å². The van der Waals surface area contributed by atoms with Crippen LogP contribution in [0, 0.1) is 9.49 Å². The maximum Gasteiger partial charge on any atom is 0.253 e. The van der Waals surface area contributed by atoms with Crippen molar-refractivity contribution in [2.24, 2.45) is 5.92 Å². The lowest BCUT2D eigenvalue weighted by molar-refractivity contribution is -0.113. The van der Waals surface area contributed by atoms with E-state index in [1.54, 1.807) is 18.2 Å². The van der Waals surface area contributed by atoms with Crippen molar-refractivity contribution in [3.63, 3.8) is 0 Å². The summed E-state index contributed by atoms with van der Waals surface area (Å²) in [5.74, 6) is 0.971. The van der Waals surface area contributed by atoms with Crippen LogP contribution < -0.4 is 10.6 Å². The summed E-state index contributed by atoms with van der Waals surface area (Å²) in [6.45, 7) is 11.0. The van der Waals surface area contributed by atoms with Crippen molar-refractivity contribution in [3.05, 3.63) is 67.0 Å². The number of anilines is 1. The first-order valence-electron chi connectivity index (χ1n) is 12.4. The van der Waals surface area contributed by atoms with E-state index in [-0.39, 0.29) is 40.5 Å². The van der Waals surface area contributed by atoms with E-state index in [9.17, 15) is 9.59 Å². The van der Waals surface area contributed by atoms with Gasteiger partial charge in [0.2, 0.25) is 5.91 Å². The van der Waals surface area contributed by atoms with Crippen molar-refractivity contribution in [3.8, 4) is 0 Å². The van der Waals surface area contributed by atoms with Crippen LogP contribution in [-0.4, -0.2) is 32.3 Å². The number of nitrogens with one attached hydrogen (secondary N) is 2. The molecule has 0 bridgehead atoms. The molecule has 2 amide bonds. The van der Waals surface area contributed by atoms with Crippen LogP contribution in [-0.2, 0) is 11.3 Å². The fourth-order valence-corrected chi connectivity index (χ4v) is 5.83. The maximum atomic E-state index is 13.1. The maximum absolute atomic E-state index is 13.1. The van der Waals surface area contributed by atoms with Crippen molar-refractivity contribution in [2.45, 2.75) is 64.7 Å². The van der Waals surface area contributed by atoms with Gasteiger partial charge in [0, 0.05) is 20.8 Å². The third kappa shape index (κ3) is 8.09. The Labute approximate surface area is 252 Å². The second-order valence-electron chi connectivity index (χ2n) is 9.59. The van der Waals surface area contributed by atoms with Gasteiger partial charge in [-0.1, -0.05) is 62.7 Å². The summed E-state index contributed by atoms with van der Waals surface area (Å²) < 4.78 is 3.07. The lowest BCUT2D eigenvalue weighted by Crippen LogP contribution is -2.32. The van der Waals surface area contributed by atoms with E-state index in [1.807, 2.05) is 23.6 Å². The standard InChI is InChI=1S/C27H32Cl2IN5O2S/c1-6-35-25(23(11-15(2)3)32-26(37)19-9-7-17(28)12-21(19)29)33-34-27(35)38-14-24(36)31-22-10-8-18(30)13-20(22)16(4)5/h7-10,12-13,15-16,23H,6,11,14H2,1-5H3,(H,31,36)(H,32,37)/t23-/m1/s1. The normalized spacial score (nSPS) is 12.2. The van der Waals surface area contributed by atoms with Gasteiger partial charge >= 0.3 is 0 Å². The van der Waals surface area contributed by atoms with Crippen LogP contribution in [0.15, 0.2) is 41.6 Å². The molecule has 0 saturated carbocycles. The van der Waals surface area contributed by atoms with E-state index < -0.39 is 0 Å². The molecule has 2 aromatic carbocycles. The average Bonchev–Trinajstić information content (AvgIpc) is 3.25. The molecule has 1 heterocycles. The third-order valence-electron chi connectivity index (χ3n) is 5.80. The van der Waals surface area contributed by atoms with Gasteiger partial charge in [0.15, 0.2) is 11.0 Å². The van der Waals surface area contributed by atoms with Gasteiger partial charge in [-0.25, -0.2) is 0 Å². The highest BCUT2D eigenvalue weighted by atomic mass is 127. The van der Waals surface area contributed by atoms with E-state index >= 15 is 0 Å². The number of thioether (sulfide) groups is 1. The molecule has 0 aliphatic heterocycles. The molecule has 0 fully saturated rings. The molecular weight excluding hydrogens is 656 g/mol. The summed E-state index contributed by atoms with van der Waals surface area (Å²) in [4.78, 5) is 25.9. The molecule has 3 rings (SSSR count). The number of benzene rings is 2. The van der Waals surface area contributed by atoms with Gasteiger partial charge in [0.1, 0.15) is 0 Å². The Balaban J connectivity index is 1.76. The van der Waals surface area contributed by atoms with Gasteiger partial charge in [0.05, 0.1) is 22.4 Å². The van der Waals surface area contributed by atoms with Gasteiger partial charge < -0.3 is 15.2 Å². The van der Waals surface area contributed by atoms with Crippen LogP contribution in [0.5, 0.6) is 0 Å². The predicted molar refractivity (Wildman–Crippen MR) is 164 cm³/mol. The summed E-state index contributed by atoms with van der Waals surface area (Å²) in [5, 5.41) is 16.3. The summed E-state index contributed by atoms with van der Waals surface area (Å²) in [7, 11) is 0. The van der Waals surface area contributed by atoms with Crippen molar-refractivity contribution >= 4 is 75.1 Å². The Hall–Kier alpha value is -1.82. The largest absolute Gasteiger partial charge is 0.342 e. The van der Waals surface area contributed by atoms with Crippen LogP contribution >= 0.6 is 57.6 Å². The predicted octanol–water partition coefficient (Wildman–Crippen LogP) is 7.58. The van der Waals surface area contributed by atoms with Crippen molar-refractivity contribution in [2.75, 3.05) is 11.1 Å². The minimum absolute atomic E-state index is 0.116. The molecule has 1 aromatic heterocycles. The molecule has 7 nitrogen and oxygen atoms in total. The van der Waals surface area contributed by atoms with Crippen LogP contribution in [0.1, 0.15) is 74.7 Å². The first-order chi connectivity index (χ1) is 18.0. The zero-order valence-electron chi connectivity index (χ0n) is 22.0. The smallest absolute Gasteiger partial charge is 0.253 e. The number of aromatic nitrogens is 3. The topological polar surface area (TPSA) is 88.9 Å². The molecule has 0 aliphatic rings. The summed E-state index contributed by atoms with van der Waals surface area (Å²) in [6, 6.07) is 10.4. The highest BCUT2D eigenvalue weighted by Crippen LogP contribution is 2.29. The minimum Gasteiger partial charge on any atom is -0.342 e. The lowest BCUT2D eigenvalue weighted by atomic mass is 10.0. The van der Waals surface area contributed by atoms with Crippen LogP contribution in [0.25, 0.3) is 0 Å². The molecule has 0 unspecified atom stereocenters. The van der Waals surface area contributed by atoms with Gasteiger partial charge in [-0.05, 0) is 89.7 Å². The number of hydrogen-bond donors (Lipinski definition) is 2. The van der Waals surface area contributed by atoms with Crippen molar-refractivity contribution < 1.29 is 9.59 Å². The zero-order valence-corrected chi connectivity index (χ0v) is 26.5. The van der Waals surface area contributed by atoms with Crippen LogP contribution in [0.2, 0.25) is 10.0 Å². The number of carbonyl (C=O) groups excluding carboxylic acids is 2. The second kappa shape index (κ2) is 14.0. The van der Waals surface area contributed by atoms with E-state index in [4.69, 9.17) is 23.2 Å². The van der Waals surface area contributed by atoms with E-state index in [0.29, 0.717) is 34.5 Å². The molecule has 0 aliphatic carbocycles. The fourth-order valence-electron chi connectivity index (χ4n) is 4.01. The average molecular weight is 688 g/mol. The molecule has 2 N–H and O–H groups in total. The lowest BCUT2D eigenvalue weighted by Gasteiger charge is -2.21. The Morgan fingerprint density at radius 2 is 1.82 bits per heavy atom. The Morgan fingerprint density at radius 3 is 2.45 bits per heavy atom. The SMILES string of the molecule is CCn1c(SCC(=O)Nc2ccc(I)cc2C(C)C)nnc1[C@@H](CC(C)C)NC(=O)c1ccc(Cl)cc1Cl. The van der Waals surface area contributed by atoms with E-state index in [2.05, 4.69) is 77.2 Å². The highest BCUT2D eigenvalue weighted by molar-refractivity contribution is 14.1. The Kier molecular flexibility index (Phi) is 11.3. The molecule has 1 atom stereocenters. The van der Waals surface area contributed by atoms with Crippen molar-refractivity contribution in [1.29, 1.82) is 0 Å². The number of rotatable bonds is 11. The molecule has 0 saturated heterocycles. The minimum atomic E-state index is -0.384. The molecule has 0 spiro atoms. The number of hydrogen-bond acceptors (Lipinski definition) is 5. The van der Waals surface area contributed by atoms with Crippen LogP contribution in [0.4, 0.5) is 5.69 Å². The monoisotopic (exact) mass is 687 g/mol. The molecule has 0 radical (unpaired) electrons. The van der Waals surface area contributed by atoms with Gasteiger partial charge in [-0.2, -0.15) is 0 Å². The molecule has 38 heavy (non-hydrogen) atoms. The summed E-state index contributed by atoms with van der Waals surface area (Å²) >= 11 is 15.9. The van der Waals surface area contributed by atoms with Gasteiger partial charge in [0.25, 0.3) is 5.91 Å². The van der Waals surface area contributed by atoms with Gasteiger partial charge in [-0.3, -0.25) is 9.59 Å². The summed E-state index contributed by atoms with van der Waals surface area (Å²) in [6.07, 6.45) is 0.658. The quantitative estimate of drug-likeness (QED) is 0.160. The summed E-state index contributed by atoms with van der Waals surface area (Å²) in [5.41, 5.74) is 2.27.